The van der Waals surface area contributed by atoms with Crippen molar-refractivity contribution in [3.63, 3.8) is 0 Å². The van der Waals surface area contributed by atoms with Crippen LogP contribution in [0.5, 0.6) is 0 Å². The number of amides is 4. The summed E-state index contributed by atoms with van der Waals surface area (Å²) < 4.78 is 20.8. The van der Waals surface area contributed by atoms with Crippen molar-refractivity contribution >= 4 is 35.9 Å². The van der Waals surface area contributed by atoms with Crippen LogP contribution >= 0.6 is 0 Å². The highest BCUT2D eigenvalue weighted by molar-refractivity contribution is 5.92. The fourth-order valence-corrected chi connectivity index (χ4v) is 4.44. The van der Waals surface area contributed by atoms with Crippen LogP contribution in [-0.4, -0.2) is 101 Å². The van der Waals surface area contributed by atoms with Crippen LogP contribution < -0.4 is 21.3 Å². The number of hydrogen-bond donors (Lipinski definition) is 6. The number of esters is 2. The smallest absolute Gasteiger partial charge is 0.408 e. The van der Waals surface area contributed by atoms with Crippen molar-refractivity contribution in [2.45, 2.75) is 129 Å². The van der Waals surface area contributed by atoms with Gasteiger partial charge in [0.1, 0.15) is 29.9 Å². The quantitative estimate of drug-likeness (QED) is 0.0647. The number of aliphatic hydroxyl groups excluding tert-OH is 2. The molecule has 16 nitrogen and oxygen atoms in total. The second kappa shape index (κ2) is 22.4. The normalized spacial score (nSPS) is 13.7. The Kier molecular flexibility index (Phi) is 19.6. The zero-order valence-electron chi connectivity index (χ0n) is 30.7. The van der Waals surface area contributed by atoms with E-state index in [1.54, 1.807) is 78.8 Å². The third-order valence-corrected chi connectivity index (χ3v) is 6.77. The standard InChI is InChI=1S/C35H56N4O12/c1-8-48-29(43)20-26(27(41)21-40)38-30(44)24(16-12-13-19-36-32(46)51-35(5,6)7)37-31(45)25(17-18-28(42)50-34(2,3)4)39-33(47)49-22-23-14-10-9-11-15-23/h9-11,14-15,24-27,40-41H,8,12-13,16-22H2,1-7H3,(H,36,46)(H,37,45)(H,38,44)(H,39,47)/t24-,25-,26-,27-/m0/s1. The van der Waals surface area contributed by atoms with E-state index in [9.17, 15) is 39.0 Å². The van der Waals surface area contributed by atoms with Crippen molar-refractivity contribution in [3.05, 3.63) is 35.9 Å². The first-order valence-corrected chi connectivity index (χ1v) is 17.0. The molecular weight excluding hydrogens is 668 g/mol. The fourth-order valence-electron chi connectivity index (χ4n) is 4.44. The zero-order valence-corrected chi connectivity index (χ0v) is 30.7. The molecule has 0 bridgehead atoms. The van der Waals surface area contributed by atoms with Gasteiger partial charge in [0.15, 0.2) is 0 Å². The van der Waals surface area contributed by atoms with Crippen molar-refractivity contribution in [2.24, 2.45) is 0 Å². The lowest BCUT2D eigenvalue weighted by atomic mass is 10.0. The van der Waals surface area contributed by atoms with Crippen LogP contribution in [0.1, 0.15) is 92.6 Å². The molecule has 0 saturated carbocycles. The van der Waals surface area contributed by atoms with E-state index in [0.29, 0.717) is 18.4 Å². The summed E-state index contributed by atoms with van der Waals surface area (Å²) in [6.07, 6.45) is -3.33. The third-order valence-electron chi connectivity index (χ3n) is 6.77. The molecule has 4 amide bonds. The van der Waals surface area contributed by atoms with Gasteiger partial charge in [-0.3, -0.25) is 19.2 Å². The van der Waals surface area contributed by atoms with Crippen molar-refractivity contribution in [1.82, 2.24) is 21.3 Å². The largest absolute Gasteiger partial charge is 0.466 e. The molecule has 0 aliphatic heterocycles. The Morgan fingerprint density at radius 1 is 0.745 bits per heavy atom. The summed E-state index contributed by atoms with van der Waals surface area (Å²) in [4.78, 5) is 76.7. The van der Waals surface area contributed by atoms with Crippen LogP contribution in [0.15, 0.2) is 30.3 Å². The lowest BCUT2D eigenvalue weighted by Crippen LogP contribution is -2.57. The maximum absolute atomic E-state index is 13.7. The second-order valence-corrected chi connectivity index (χ2v) is 13.7. The van der Waals surface area contributed by atoms with E-state index in [1.165, 1.54) is 0 Å². The van der Waals surface area contributed by atoms with Gasteiger partial charge >= 0.3 is 24.1 Å². The molecule has 16 heteroatoms. The number of carbonyl (C=O) groups is 6. The first-order valence-electron chi connectivity index (χ1n) is 17.0. The average molecular weight is 725 g/mol. The highest BCUT2D eigenvalue weighted by Gasteiger charge is 2.31. The SMILES string of the molecule is CCOC(=O)C[C@H](NC(=O)[C@H](CCCCNC(=O)OC(C)(C)C)NC(=O)[C@H](CCC(=O)OC(C)(C)C)NC(=O)OCc1ccccc1)[C@@H](O)CO. The van der Waals surface area contributed by atoms with Gasteiger partial charge in [-0.25, -0.2) is 9.59 Å². The van der Waals surface area contributed by atoms with Crippen molar-refractivity contribution in [1.29, 1.82) is 0 Å². The van der Waals surface area contributed by atoms with E-state index in [4.69, 9.17) is 18.9 Å². The molecule has 0 heterocycles. The summed E-state index contributed by atoms with van der Waals surface area (Å²) in [7, 11) is 0. The number of rotatable bonds is 20. The minimum Gasteiger partial charge on any atom is -0.466 e. The van der Waals surface area contributed by atoms with E-state index in [-0.39, 0.29) is 39.0 Å². The molecule has 0 aliphatic carbocycles. The maximum Gasteiger partial charge on any atom is 0.408 e. The summed E-state index contributed by atoms with van der Waals surface area (Å²) in [6.45, 7) is 11.2. The Balaban J connectivity index is 3.17. The van der Waals surface area contributed by atoms with E-state index in [1.807, 2.05) is 0 Å². The molecule has 1 aromatic carbocycles. The van der Waals surface area contributed by atoms with Crippen LogP contribution in [0.3, 0.4) is 0 Å². The monoisotopic (exact) mass is 724 g/mol. The third kappa shape index (κ3) is 20.7. The minimum absolute atomic E-state index is 0.0200. The number of unbranched alkanes of at least 4 members (excludes halogenated alkanes) is 1. The minimum atomic E-state index is -1.53. The van der Waals surface area contributed by atoms with Crippen LogP contribution in [0, 0.1) is 0 Å². The summed E-state index contributed by atoms with van der Waals surface area (Å²) in [5.74, 6) is -2.98. The second-order valence-electron chi connectivity index (χ2n) is 13.7. The first kappa shape index (κ1) is 44.6. The highest BCUT2D eigenvalue weighted by atomic mass is 16.6. The van der Waals surface area contributed by atoms with Gasteiger partial charge in [0.05, 0.1) is 31.8 Å². The van der Waals surface area contributed by atoms with Crippen LogP contribution in [0.25, 0.3) is 0 Å². The van der Waals surface area contributed by atoms with Gasteiger partial charge < -0.3 is 50.4 Å². The number of hydrogen-bond acceptors (Lipinski definition) is 12. The van der Waals surface area contributed by atoms with E-state index >= 15 is 0 Å². The fraction of sp³-hybridized carbons (Fsp3) is 0.657. The highest BCUT2D eigenvalue weighted by Crippen LogP contribution is 2.12. The Labute approximate surface area is 299 Å². The summed E-state index contributed by atoms with van der Waals surface area (Å²) in [5.41, 5.74) is -0.793. The predicted octanol–water partition coefficient (Wildman–Crippen LogP) is 2.37. The molecule has 1 aromatic rings. The molecule has 0 unspecified atom stereocenters. The van der Waals surface area contributed by atoms with Crippen molar-refractivity contribution in [2.75, 3.05) is 19.8 Å². The number of aliphatic hydroxyl groups is 2. The molecule has 51 heavy (non-hydrogen) atoms. The lowest BCUT2D eigenvalue weighted by molar-refractivity contribution is -0.155. The van der Waals surface area contributed by atoms with Gasteiger partial charge in [0.25, 0.3) is 0 Å². The summed E-state index contributed by atoms with van der Waals surface area (Å²) in [6, 6.07) is 4.94. The molecular formula is C35H56N4O12. The van der Waals surface area contributed by atoms with Gasteiger partial charge in [0, 0.05) is 13.0 Å². The number of benzene rings is 1. The molecule has 0 spiro atoms. The van der Waals surface area contributed by atoms with Gasteiger partial charge in [-0.1, -0.05) is 30.3 Å². The van der Waals surface area contributed by atoms with Crippen LogP contribution in [-0.2, 0) is 44.7 Å². The van der Waals surface area contributed by atoms with Crippen LogP contribution in [0.4, 0.5) is 9.59 Å². The Bertz CT molecular complexity index is 1260. The van der Waals surface area contributed by atoms with E-state index < -0.39 is 84.4 Å². The number of alkyl carbamates (subject to hydrolysis) is 2. The zero-order chi connectivity index (χ0) is 38.6. The topological polar surface area (TPSA) is 228 Å². The maximum atomic E-state index is 13.7. The van der Waals surface area contributed by atoms with Gasteiger partial charge in [-0.2, -0.15) is 0 Å². The molecule has 0 aromatic heterocycles. The molecule has 0 radical (unpaired) electrons. The Hall–Kier alpha value is -4.44. The number of carbonyl (C=O) groups excluding carboxylic acids is 6. The molecule has 0 fully saturated rings. The van der Waals surface area contributed by atoms with Crippen molar-refractivity contribution in [3.8, 4) is 0 Å². The van der Waals surface area contributed by atoms with Gasteiger partial charge in [-0.05, 0) is 79.7 Å². The van der Waals surface area contributed by atoms with Crippen molar-refractivity contribution < 1.29 is 57.9 Å². The van der Waals surface area contributed by atoms with Gasteiger partial charge in [0.2, 0.25) is 11.8 Å². The lowest BCUT2D eigenvalue weighted by Gasteiger charge is -2.27. The van der Waals surface area contributed by atoms with E-state index in [0.717, 1.165) is 0 Å². The predicted molar refractivity (Wildman–Crippen MR) is 185 cm³/mol. The number of nitrogens with one attached hydrogen (secondary N) is 4. The summed E-state index contributed by atoms with van der Waals surface area (Å²) >= 11 is 0. The first-order chi connectivity index (χ1) is 23.8. The Morgan fingerprint density at radius 2 is 1.35 bits per heavy atom. The molecule has 288 valence electrons. The molecule has 6 N–H and O–H groups in total. The molecule has 0 aliphatic rings. The Morgan fingerprint density at radius 3 is 1.94 bits per heavy atom. The molecule has 1 rings (SSSR count). The van der Waals surface area contributed by atoms with E-state index in [2.05, 4.69) is 21.3 Å². The molecule has 4 atom stereocenters. The number of ether oxygens (including phenoxy) is 4. The van der Waals surface area contributed by atoms with Crippen LogP contribution in [0.2, 0.25) is 0 Å². The van der Waals surface area contributed by atoms with Gasteiger partial charge in [-0.15, -0.1) is 0 Å². The summed E-state index contributed by atoms with van der Waals surface area (Å²) in [5, 5.41) is 30.0. The molecule has 0 saturated heterocycles. The average Bonchev–Trinajstić information content (AvgIpc) is 3.03.